The third kappa shape index (κ3) is 5.84. The fourth-order valence-electron chi connectivity index (χ4n) is 4.30. The Morgan fingerprint density at radius 3 is 2.66 bits per heavy atom. The Morgan fingerprint density at radius 2 is 2.00 bits per heavy atom. The number of rotatable bonds is 7. The highest BCUT2D eigenvalue weighted by molar-refractivity contribution is 9.10. The normalized spacial score (nSPS) is 22.1. The molecule has 2 amide bonds. The van der Waals surface area contributed by atoms with E-state index in [1.165, 1.54) is 7.11 Å². The van der Waals surface area contributed by atoms with Crippen molar-refractivity contribution in [2.24, 2.45) is 5.92 Å². The molecule has 0 radical (unpaired) electrons. The van der Waals surface area contributed by atoms with Crippen molar-refractivity contribution in [3.05, 3.63) is 59.1 Å². The second-order valence-corrected chi connectivity index (χ2v) is 9.70. The van der Waals surface area contributed by atoms with Crippen molar-refractivity contribution in [1.82, 2.24) is 30.8 Å². The molecule has 0 spiro atoms. The molecule has 3 N–H and O–H groups in total. The van der Waals surface area contributed by atoms with E-state index < -0.39 is 12.1 Å². The Balaban J connectivity index is 1.53. The predicted octanol–water partition coefficient (Wildman–Crippen LogP) is 2.49. The van der Waals surface area contributed by atoms with Crippen molar-refractivity contribution in [2.45, 2.75) is 44.6 Å². The van der Waals surface area contributed by atoms with E-state index in [4.69, 9.17) is 9.47 Å². The average molecular weight is 545 g/mol. The summed E-state index contributed by atoms with van der Waals surface area (Å²) in [4.78, 5) is 35.6. The van der Waals surface area contributed by atoms with Crippen LogP contribution in [0.3, 0.4) is 0 Å². The molecule has 186 valence electrons. The molecule has 1 fully saturated rings. The van der Waals surface area contributed by atoms with Gasteiger partial charge in [-0.1, -0.05) is 41.9 Å². The Kier molecular flexibility index (Phi) is 7.74. The maximum absolute atomic E-state index is 13.7. The Bertz CT molecular complexity index is 1070. The fraction of sp³-hybridized carbons (Fsp3) is 0.417. The first-order valence-corrected chi connectivity index (χ1v) is 12.2. The third-order valence-electron chi connectivity index (χ3n) is 6.06. The van der Waals surface area contributed by atoms with Gasteiger partial charge in [0.1, 0.15) is 18.3 Å². The van der Waals surface area contributed by atoms with Crippen LogP contribution in [0.15, 0.2) is 53.5 Å². The van der Waals surface area contributed by atoms with E-state index in [1.54, 1.807) is 23.5 Å². The molecule has 1 aromatic carbocycles. The van der Waals surface area contributed by atoms with Gasteiger partial charge in [-0.3, -0.25) is 9.78 Å². The first kappa shape index (κ1) is 24.8. The van der Waals surface area contributed by atoms with Crippen LogP contribution in [0.4, 0.5) is 4.79 Å². The van der Waals surface area contributed by atoms with Gasteiger partial charge in [0.2, 0.25) is 11.8 Å². The van der Waals surface area contributed by atoms with Crippen LogP contribution in [-0.4, -0.2) is 64.9 Å². The fourth-order valence-corrected chi connectivity index (χ4v) is 4.57. The van der Waals surface area contributed by atoms with Crippen LogP contribution in [0.1, 0.15) is 25.8 Å². The highest BCUT2D eigenvalue weighted by Crippen LogP contribution is 2.28. The van der Waals surface area contributed by atoms with E-state index in [1.807, 2.05) is 44.3 Å². The summed E-state index contributed by atoms with van der Waals surface area (Å²) < 4.78 is 11.8. The summed E-state index contributed by atoms with van der Waals surface area (Å²) in [6.45, 7) is 4.12. The lowest BCUT2D eigenvalue weighted by molar-refractivity contribution is -0.136. The van der Waals surface area contributed by atoms with Gasteiger partial charge in [-0.25, -0.2) is 9.78 Å². The standard InChI is InChI=1S/C24H29BrN6O4/c1-14(2)21(30-24(33)34-3)23(32)31-13-17(35-20-12-26-8-9-27-20)10-19(31)22-28-11-18(29-22)15-4-6-16(25)7-5-15/h4-9,11-12,14,17,19,21-22,28-29H,10,13H2,1-3H3,(H,30,33)/t17-,19-,21-,22?/m0/s1. The minimum atomic E-state index is -0.736. The van der Waals surface area contributed by atoms with Crippen molar-refractivity contribution in [3.63, 3.8) is 0 Å². The van der Waals surface area contributed by atoms with E-state index in [0.717, 1.165) is 15.7 Å². The van der Waals surface area contributed by atoms with Crippen LogP contribution >= 0.6 is 15.9 Å². The smallest absolute Gasteiger partial charge is 0.407 e. The lowest BCUT2D eigenvalue weighted by Crippen LogP contribution is -2.57. The van der Waals surface area contributed by atoms with Crippen LogP contribution in [0.2, 0.25) is 0 Å². The highest BCUT2D eigenvalue weighted by Gasteiger charge is 2.45. The molecule has 0 saturated carbocycles. The molecule has 10 nitrogen and oxygen atoms in total. The number of alkyl carbamates (subject to hydrolysis) is 1. The summed E-state index contributed by atoms with van der Waals surface area (Å²) in [7, 11) is 1.28. The zero-order chi connectivity index (χ0) is 24.9. The van der Waals surface area contributed by atoms with Crippen LogP contribution < -0.4 is 20.7 Å². The lowest BCUT2D eigenvalue weighted by Gasteiger charge is -2.33. The van der Waals surface area contributed by atoms with Crippen molar-refractivity contribution in [1.29, 1.82) is 0 Å². The van der Waals surface area contributed by atoms with E-state index in [-0.39, 0.29) is 30.1 Å². The molecule has 1 saturated heterocycles. The molecule has 35 heavy (non-hydrogen) atoms. The monoisotopic (exact) mass is 544 g/mol. The molecule has 2 aliphatic rings. The largest absolute Gasteiger partial charge is 0.471 e. The van der Waals surface area contributed by atoms with Crippen LogP contribution in [0.5, 0.6) is 5.88 Å². The molecule has 1 aromatic heterocycles. The molecule has 1 unspecified atom stereocenters. The summed E-state index contributed by atoms with van der Waals surface area (Å²) in [5, 5.41) is 9.56. The second-order valence-electron chi connectivity index (χ2n) is 8.79. The maximum Gasteiger partial charge on any atom is 0.407 e. The summed E-state index contributed by atoms with van der Waals surface area (Å²) in [5.74, 6) is 0.0733. The molecule has 11 heteroatoms. The number of carbonyl (C=O) groups is 2. The molecule has 0 bridgehead atoms. The SMILES string of the molecule is COC(=O)N[C@H](C(=O)N1C[C@@H](Oc2cnccn2)C[C@H]1C1NC=C(c2ccc(Br)cc2)N1)C(C)C. The van der Waals surface area contributed by atoms with E-state index in [0.29, 0.717) is 18.8 Å². The number of likely N-dealkylation sites (tertiary alicyclic amines) is 1. The molecule has 2 aliphatic heterocycles. The minimum absolute atomic E-state index is 0.136. The second kappa shape index (κ2) is 10.9. The zero-order valence-electron chi connectivity index (χ0n) is 19.8. The summed E-state index contributed by atoms with van der Waals surface area (Å²) >= 11 is 3.46. The summed E-state index contributed by atoms with van der Waals surface area (Å²) in [6.07, 6.45) is 6.01. The van der Waals surface area contributed by atoms with Crippen molar-refractivity contribution >= 4 is 33.6 Å². The molecule has 3 heterocycles. The van der Waals surface area contributed by atoms with Crippen LogP contribution in [0.25, 0.3) is 5.70 Å². The van der Waals surface area contributed by atoms with Gasteiger partial charge in [-0.05, 0) is 23.6 Å². The number of hydrogen-bond acceptors (Lipinski definition) is 8. The number of aromatic nitrogens is 2. The molecular formula is C24H29BrN6O4. The number of methoxy groups -OCH3 is 1. The summed E-state index contributed by atoms with van der Waals surface area (Å²) in [6, 6.07) is 7.01. The van der Waals surface area contributed by atoms with Crippen LogP contribution in [0, 0.1) is 5.92 Å². The van der Waals surface area contributed by atoms with Crippen molar-refractivity contribution < 1.29 is 19.1 Å². The number of amides is 2. The summed E-state index contributed by atoms with van der Waals surface area (Å²) in [5.41, 5.74) is 1.96. The maximum atomic E-state index is 13.7. The van der Waals surface area contributed by atoms with Crippen molar-refractivity contribution in [3.8, 4) is 5.88 Å². The van der Waals surface area contributed by atoms with Crippen LogP contribution in [-0.2, 0) is 9.53 Å². The van der Waals surface area contributed by atoms with Gasteiger partial charge in [0.25, 0.3) is 0 Å². The predicted molar refractivity (Wildman–Crippen MR) is 133 cm³/mol. The first-order valence-electron chi connectivity index (χ1n) is 11.4. The number of benzene rings is 1. The average Bonchev–Trinajstić information content (AvgIpc) is 3.50. The molecule has 4 atom stereocenters. The number of carbonyl (C=O) groups excluding carboxylic acids is 2. The van der Waals surface area contributed by atoms with Gasteiger partial charge in [-0.15, -0.1) is 0 Å². The highest BCUT2D eigenvalue weighted by atomic mass is 79.9. The van der Waals surface area contributed by atoms with Gasteiger partial charge in [-0.2, -0.15) is 0 Å². The van der Waals surface area contributed by atoms with E-state index in [9.17, 15) is 9.59 Å². The number of nitrogens with zero attached hydrogens (tertiary/aromatic N) is 3. The first-order chi connectivity index (χ1) is 16.9. The van der Waals surface area contributed by atoms with Gasteiger partial charge >= 0.3 is 6.09 Å². The number of ether oxygens (including phenoxy) is 2. The van der Waals surface area contributed by atoms with Gasteiger partial charge < -0.3 is 30.3 Å². The van der Waals surface area contributed by atoms with Gasteiger partial charge in [0.15, 0.2) is 0 Å². The molecule has 2 aromatic rings. The molecule has 4 rings (SSSR count). The quantitative estimate of drug-likeness (QED) is 0.486. The Morgan fingerprint density at radius 1 is 1.23 bits per heavy atom. The molecular weight excluding hydrogens is 516 g/mol. The van der Waals surface area contributed by atoms with Gasteiger partial charge in [0, 0.05) is 29.5 Å². The topological polar surface area (TPSA) is 118 Å². The van der Waals surface area contributed by atoms with E-state index in [2.05, 4.69) is 41.8 Å². The van der Waals surface area contributed by atoms with Gasteiger partial charge in [0.05, 0.1) is 31.6 Å². The zero-order valence-corrected chi connectivity index (χ0v) is 21.4. The Hall–Kier alpha value is -3.34. The number of nitrogens with one attached hydrogen (secondary N) is 3. The minimum Gasteiger partial charge on any atom is -0.471 e. The van der Waals surface area contributed by atoms with E-state index >= 15 is 0 Å². The third-order valence-corrected chi connectivity index (χ3v) is 6.59. The lowest BCUT2D eigenvalue weighted by atomic mass is 10.0. The van der Waals surface area contributed by atoms with Crippen molar-refractivity contribution in [2.75, 3.05) is 13.7 Å². The molecule has 0 aliphatic carbocycles. The number of hydrogen-bond donors (Lipinski definition) is 3. The Labute approximate surface area is 212 Å². The number of halogens is 1.